The van der Waals surface area contributed by atoms with E-state index in [1.165, 1.54) is 19.2 Å². The van der Waals surface area contributed by atoms with Crippen LogP contribution in [0.15, 0.2) is 36.4 Å². The number of rotatable bonds is 4. The number of anilines is 1. The van der Waals surface area contributed by atoms with Gasteiger partial charge in [0, 0.05) is 11.5 Å². The van der Waals surface area contributed by atoms with E-state index in [1.54, 1.807) is 19.1 Å². The number of hydrogen-bond acceptors (Lipinski definition) is 6. The molecule has 2 N–H and O–H groups in total. The minimum atomic E-state index is -0.880. The summed E-state index contributed by atoms with van der Waals surface area (Å²) in [7, 11) is 1.49. The number of aromatic nitrogens is 1. The minimum Gasteiger partial charge on any atom is -0.494 e. The fraction of sp³-hybridized carbons (Fsp3) is 0.188. The van der Waals surface area contributed by atoms with Gasteiger partial charge in [0.2, 0.25) is 0 Å². The molecule has 7 nitrogen and oxygen atoms in total. The van der Waals surface area contributed by atoms with E-state index in [2.05, 4.69) is 10.3 Å². The van der Waals surface area contributed by atoms with E-state index in [0.717, 1.165) is 0 Å². The first-order valence-corrected chi connectivity index (χ1v) is 7.01. The molecular formula is C16H16ClN3O4. The number of nitrogens with one attached hydrogen (secondary N) is 1. The number of hydrogen-bond donors (Lipinski definition) is 2. The number of fused-ring (bicyclic) bond motifs is 2. The van der Waals surface area contributed by atoms with E-state index in [4.69, 9.17) is 4.74 Å². The Morgan fingerprint density at radius 3 is 2.62 bits per heavy atom. The highest BCUT2D eigenvalue weighted by molar-refractivity contribution is 6.12. The molecule has 0 radical (unpaired) electrons. The smallest absolute Gasteiger partial charge is 0.281 e. The molecular weight excluding hydrogens is 334 g/mol. The lowest BCUT2D eigenvalue weighted by atomic mass is 10.1. The Bertz CT molecular complexity index is 915. The van der Waals surface area contributed by atoms with Gasteiger partial charge in [-0.05, 0) is 19.1 Å². The molecule has 1 heterocycles. The maximum atomic E-state index is 11.4. The molecule has 0 amide bonds. The lowest BCUT2D eigenvalue weighted by Crippen LogP contribution is -2.14. The van der Waals surface area contributed by atoms with Gasteiger partial charge < -0.3 is 15.2 Å². The summed E-state index contributed by atoms with van der Waals surface area (Å²) in [5, 5.41) is 25.1. The van der Waals surface area contributed by atoms with Crippen molar-refractivity contribution in [3.05, 3.63) is 46.5 Å². The predicted octanol–water partition coefficient (Wildman–Crippen LogP) is 3.48. The van der Waals surface area contributed by atoms with Crippen molar-refractivity contribution in [1.29, 1.82) is 0 Å². The Morgan fingerprint density at radius 1 is 1.29 bits per heavy atom. The number of non-ortho nitro benzene ring substituents is 1. The number of ether oxygens (including phenoxy) is 1. The van der Waals surface area contributed by atoms with Gasteiger partial charge in [0.25, 0.3) is 5.69 Å². The van der Waals surface area contributed by atoms with E-state index in [0.29, 0.717) is 33.2 Å². The summed E-state index contributed by atoms with van der Waals surface area (Å²) >= 11 is 0. The molecule has 2 aromatic carbocycles. The maximum Gasteiger partial charge on any atom is 0.281 e. The molecule has 0 fully saturated rings. The molecule has 8 heteroatoms. The zero-order chi connectivity index (χ0) is 16.6. The molecule has 3 aromatic rings. The molecule has 0 spiro atoms. The number of halogens is 1. The van der Waals surface area contributed by atoms with Gasteiger partial charge >= 0.3 is 0 Å². The average Bonchev–Trinajstić information content (AvgIpc) is 2.53. The number of aliphatic hydroxyl groups excluding tert-OH is 1. The van der Waals surface area contributed by atoms with Gasteiger partial charge in [-0.15, -0.1) is 12.4 Å². The van der Waals surface area contributed by atoms with Crippen LogP contribution in [-0.4, -0.2) is 28.4 Å². The Morgan fingerprint density at radius 2 is 2.00 bits per heavy atom. The Balaban J connectivity index is 0.00000208. The number of nitro benzene ring substituents is 1. The molecule has 0 saturated carbocycles. The monoisotopic (exact) mass is 349 g/mol. The van der Waals surface area contributed by atoms with Crippen molar-refractivity contribution >= 4 is 45.6 Å². The second-order valence-electron chi connectivity index (χ2n) is 5.09. The highest BCUT2D eigenvalue weighted by atomic mass is 35.5. The zero-order valence-electron chi connectivity index (χ0n) is 13.0. The summed E-state index contributed by atoms with van der Waals surface area (Å²) < 4.78 is 5.30. The standard InChI is InChI=1S/C16H15N3O4.ClH/c1-9(20)17-15-10-5-3-4-6-11(10)18-16-13(23-2)8-7-12(14(15)16)19(21)22;/h3-9,20H,1-2H3,(H,17,18);1H. The summed E-state index contributed by atoms with van der Waals surface area (Å²) in [5.41, 5.74) is 1.40. The van der Waals surface area contributed by atoms with E-state index in [-0.39, 0.29) is 18.1 Å². The quantitative estimate of drug-likeness (QED) is 0.324. The summed E-state index contributed by atoms with van der Waals surface area (Å²) in [6, 6.07) is 10.2. The molecule has 1 unspecified atom stereocenters. The van der Waals surface area contributed by atoms with Crippen LogP contribution in [0.4, 0.5) is 11.4 Å². The lowest BCUT2D eigenvalue weighted by Gasteiger charge is -2.16. The third-order valence-electron chi connectivity index (χ3n) is 3.54. The van der Waals surface area contributed by atoms with Gasteiger partial charge in [-0.3, -0.25) is 10.1 Å². The van der Waals surface area contributed by atoms with Crippen LogP contribution in [0.1, 0.15) is 6.92 Å². The number of pyridine rings is 1. The number of aliphatic hydroxyl groups is 1. The fourth-order valence-corrected chi connectivity index (χ4v) is 2.63. The van der Waals surface area contributed by atoms with Crippen molar-refractivity contribution < 1.29 is 14.8 Å². The van der Waals surface area contributed by atoms with Crippen LogP contribution in [0.5, 0.6) is 5.75 Å². The van der Waals surface area contributed by atoms with E-state index >= 15 is 0 Å². The van der Waals surface area contributed by atoms with Crippen molar-refractivity contribution in [2.75, 3.05) is 12.4 Å². The number of para-hydroxylation sites is 1. The van der Waals surface area contributed by atoms with E-state index < -0.39 is 11.2 Å². The van der Waals surface area contributed by atoms with E-state index in [9.17, 15) is 15.2 Å². The number of nitro groups is 1. The average molecular weight is 350 g/mol. The SMILES string of the molecule is COc1ccc([N+](=O)[O-])c2c(NC(C)O)c3ccccc3nc12.Cl. The van der Waals surface area contributed by atoms with Crippen molar-refractivity contribution in [2.45, 2.75) is 13.2 Å². The van der Waals surface area contributed by atoms with Crippen molar-refractivity contribution in [1.82, 2.24) is 4.98 Å². The molecule has 3 rings (SSSR count). The number of nitrogens with zero attached hydrogens (tertiary/aromatic N) is 2. The molecule has 1 atom stereocenters. The van der Waals surface area contributed by atoms with Crippen LogP contribution in [0, 0.1) is 10.1 Å². The molecule has 126 valence electrons. The largest absolute Gasteiger partial charge is 0.494 e. The first-order chi connectivity index (χ1) is 11.0. The summed E-state index contributed by atoms with van der Waals surface area (Å²) in [6.45, 7) is 1.55. The van der Waals surface area contributed by atoms with Crippen molar-refractivity contribution in [2.24, 2.45) is 0 Å². The van der Waals surface area contributed by atoms with Crippen molar-refractivity contribution in [3.63, 3.8) is 0 Å². The summed E-state index contributed by atoms with van der Waals surface area (Å²) in [4.78, 5) is 15.5. The van der Waals surface area contributed by atoms with Gasteiger partial charge in [-0.1, -0.05) is 18.2 Å². The Labute approximate surface area is 143 Å². The fourth-order valence-electron chi connectivity index (χ4n) is 2.63. The van der Waals surface area contributed by atoms with Crippen molar-refractivity contribution in [3.8, 4) is 5.75 Å². The van der Waals surface area contributed by atoms with Crippen LogP contribution >= 0.6 is 12.4 Å². The molecule has 1 aromatic heterocycles. The molecule has 0 aliphatic carbocycles. The summed E-state index contributed by atoms with van der Waals surface area (Å²) in [5.74, 6) is 0.435. The first-order valence-electron chi connectivity index (χ1n) is 7.01. The van der Waals surface area contributed by atoms with Gasteiger partial charge in [0.05, 0.1) is 23.2 Å². The number of benzene rings is 2. The number of methoxy groups -OCH3 is 1. The molecule has 0 bridgehead atoms. The minimum absolute atomic E-state index is 0. The van der Waals surface area contributed by atoms with Crippen LogP contribution in [0.3, 0.4) is 0 Å². The second-order valence-corrected chi connectivity index (χ2v) is 5.09. The first kappa shape index (κ1) is 17.7. The van der Waals surface area contributed by atoms with Gasteiger partial charge in [-0.2, -0.15) is 0 Å². The highest BCUT2D eigenvalue weighted by Crippen LogP contribution is 2.40. The van der Waals surface area contributed by atoms with Gasteiger partial charge in [0.15, 0.2) is 0 Å². The molecule has 24 heavy (non-hydrogen) atoms. The zero-order valence-corrected chi connectivity index (χ0v) is 13.8. The highest BCUT2D eigenvalue weighted by Gasteiger charge is 2.22. The van der Waals surface area contributed by atoms with Gasteiger partial charge in [-0.25, -0.2) is 4.98 Å². The Hall–Kier alpha value is -2.64. The Kier molecular flexibility index (Phi) is 5.06. The predicted molar refractivity (Wildman–Crippen MR) is 95.0 cm³/mol. The lowest BCUT2D eigenvalue weighted by molar-refractivity contribution is -0.383. The maximum absolute atomic E-state index is 11.4. The van der Waals surface area contributed by atoms with Crippen LogP contribution in [0.2, 0.25) is 0 Å². The molecule has 0 aliphatic heterocycles. The third-order valence-corrected chi connectivity index (χ3v) is 3.54. The second kappa shape index (κ2) is 6.86. The van der Waals surface area contributed by atoms with Gasteiger partial charge in [0.1, 0.15) is 22.9 Å². The van der Waals surface area contributed by atoms with E-state index in [1.807, 2.05) is 12.1 Å². The molecule has 0 saturated heterocycles. The summed E-state index contributed by atoms with van der Waals surface area (Å²) in [6.07, 6.45) is -0.880. The normalized spacial score (nSPS) is 11.8. The topological polar surface area (TPSA) is 97.5 Å². The third kappa shape index (κ3) is 2.91. The molecule has 0 aliphatic rings. The van der Waals surface area contributed by atoms with Crippen LogP contribution in [-0.2, 0) is 0 Å². The van der Waals surface area contributed by atoms with Crippen LogP contribution < -0.4 is 10.1 Å². The van der Waals surface area contributed by atoms with Crippen LogP contribution in [0.25, 0.3) is 21.8 Å².